The van der Waals surface area contributed by atoms with Crippen LogP contribution in [0.2, 0.25) is 10.0 Å². The monoisotopic (exact) mass is 296 g/mol. The standard InChI is InChI=1S/C15H14Cl2O2/c1-10(18)11-2-5-14(6-3-11)19-9-12-8-13(16)4-7-15(12)17/h2-8,10,18H,9H2,1H3/t10-/m0/s1. The summed E-state index contributed by atoms with van der Waals surface area (Å²) < 4.78 is 5.64. The lowest BCUT2D eigenvalue weighted by molar-refractivity contribution is 0.199. The van der Waals surface area contributed by atoms with Crippen LogP contribution < -0.4 is 4.74 Å². The second kappa shape index (κ2) is 6.29. The molecular weight excluding hydrogens is 283 g/mol. The summed E-state index contributed by atoms with van der Waals surface area (Å²) in [6.07, 6.45) is -0.476. The van der Waals surface area contributed by atoms with E-state index in [2.05, 4.69) is 0 Å². The van der Waals surface area contributed by atoms with Gasteiger partial charge < -0.3 is 9.84 Å². The van der Waals surface area contributed by atoms with Crippen molar-refractivity contribution >= 4 is 23.2 Å². The molecule has 0 saturated carbocycles. The first kappa shape index (κ1) is 14.2. The third-order valence-corrected chi connectivity index (χ3v) is 3.37. The molecule has 0 heterocycles. The second-order valence-corrected chi connectivity index (χ2v) is 5.11. The number of halogens is 2. The molecule has 1 N–H and O–H groups in total. The normalized spacial score (nSPS) is 12.2. The van der Waals surface area contributed by atoms with Gasteiger partial charge in [-0.2, -0.15) is 0 Å². The minimum Gasteiger partial charge on any atom is -0.489 e. The number of ether oxygens (including phenoxy) is 1. The molecule has 0 radical (unpaired) electrons. The second-order valence-electron chi connectivity index (χ2n) is 4.27. The first-order valence-corrected chi connectivity index (χ1v) is 6.66. The van der Waals surface area contributed by atoms with Gasteiger partial charge in [0, 0.05) is 15.6 Å². The van der Waals surface area contributed by atoms with Crippen LogP contribution in [-0.4, -0.2) is 5.11 Å². The largest absolute Gasteiger partial charge is 0.489 e. The molecule has 0 bridgehead atoms. The van der Waals surface area contributed by atoms with E-state index in [0.717, 1.165) is 16.9 Å². The van der Waals surface area contributed by atoms with E-state index in [-0.39, 0.29) is 0 Å². The third kappa shape index (κ3) is 3.87. The zero-order valence-corrected chi connectivity index (χ0v) is 11.9. The van der Waals surface area contributed by atoms with E-state index in [4.69, 9.17) is 27.9 Å². The van der Waals surface area contributed by atoms with Crippen LogP contribution in [0.25, 0.3) is 0 Å². The van der Waals surface area contributed by atoms with E-state index in [1.165, 1.54) is 0 Å². The van der Waals surface area contributed by atoms with Gasteiger partial charge in [0.1, 0.15) is 12.4 Å². The lowest BCUT2D eigenvalue weighted by Gasteiger charge is -2.10. The Balaban J connectivity index is 2.04. The van der Waals surface area contributed by atoms with Gasteiger partial charge in [0.05, 0.1) is 6.10 Å². The van der Waals surface area contributed by atoms with Crippen LogP contribution in [-0.2, 0) is 6.61 Å². The predicted molar refractivity (Wildman–Crippen MR) is 77.9 cm³/mol. The van der Waals surface area contributed by atoms with E-state index in [9.17, 15) is 5.11 Å². The molecule has 0 aliphatic carbocycles. The predicted octanol–water partition coefficient (Wildman–Crippen LogP) is 4.63. The summed E-state index contributed by atoms with van der Waals surface area (Å²) in [6, 6.07) is 12.6. The molecule has 0 saturated heterocycles. The van der Waals surface area contributed by atoms with Crippen LogP contribution in [0, 0.1) is 0 Å². The van der Waals surface area contributed by atoms with Gasteiger partial charge in [0.25, 0.3) is 0 Å². The number of hydrogen-bond donors (Lipinski definition) is 1. The molecule has 1 atom stereocenters. The molecular formula is C15H14Cl2O2. The first-order valence-electron chi connectivity index (χ1n) is 5.91. The van der Waals surface area contributed by atoms with Crippen LogP contribution >= 0.6 is 23.2 Å². The highest BCUT2D eigenvalue weighted by molar-refractivity contribution is 6.33. The lowest BCUT2D eigenvalue weighted by atomic mass is 10.1. The summed E-state index contributed by atoms with van der Waals surface area (Å²) in [5.74, 6) is 0.723. The molecule has 100 valence electrons. The summed E-state index contributed by atoms with van der Waals surface area (Å²) in [5.41, 5.74) is 1.70. The van der Waals surface area contributed by atoms with Crippen LogP contribution in [0.4, 0.5) is 0 Å². The number of aliphatic hydroxyl groups excluding tert-OH is 1. The van der Waals surface area contributed by atoms with Crippen molar-refractivity contribution in [3.8, 4) is 5.75 Å². The topological polar surface area (TPSA) is 29.5 Å². The molecule has 0 unspecified atom stereocenters. The van der Waals surface area contributed by atoms with Crippen molar-refractivity contribution in [3.63, 3.8) is 0 Å². The maximum atomic E-state index is 9.42. The average molecular weight is 297 g/mol. The Morgan fingerprint density at radius 1 is 1.11 bits per heavy atom. The fraction of sp³-hybridized carbons (Fsp3) is 0.200. The highest BCUT2D eigenvalue weighted by atomic mass is 35.5. The maximum Gasteiger partial charge on any atom is 0.119 e. The number of aliphatic hydroxyl groups is 1. The Morgan fingerprint density at radius 2 is 1.79 bits per heavy atom. The Labute approximate surface area is 122 Å². The fourth-order valence-corrected chi connectivity index (χ4v) is 2.02. The van der Waals surface area contributed by atoms with Crippen molar-refractivity contribution in [3.05, 3.63) is 63.6 Å². The summed E-state index contributed by atoms with van der Waals surface area (Å²) >= 11 is 12.0. The van der Waals surface area contributed by atoms with Crippen molar-refractivity contribution in [1.82, 2.24) is 0 Å². The first-order chi connectivity index (χ1) is 9.06. The summed E-state index contributed by atoms with van der Waals surface area (Å²) in [4.78, 5) is 0. The lowest BCUT2D eigenvalue weighted by Crippen LogP contribution is -1.97. The Morgan fingerprint density at radius 3 is 2.42 bits per heavy atom. The maximum absolute atomic E-state index is 9.42. The van der Waals surface area contributed by atoms with E-state index < -0.39 is 6.10 Å². The minimum atomic E-state index is -0.476. The zero-order valence-electron chi connectivity index (χ0n) is 10.4. The van der Waals surface area contributed by atoms with Crippen molar-refractivity contribution in [1.29, 1.82) is 0 Å². The Hall–Kier alpha value is -1.22. The minimum absolute atomic E-state index is 0.355. The molecule has 0 spiro atoms. The number of benzene rings is 2. The van der Waals surface area contributed by atoms with Crippen LogP contribution in [0.1, 0.15) is 24.2 Å². The molecule has 4 heteroatoms. The van der Waals surface area contributed by atoms with Crippen molar-refractivity contribution in [2.75, 3.05) is 0 Å². The van der Waals surface area contributed by atoms with Gasteiger partial charge >= 0.3 is 0 Å². The fourth-order valence-electron chi connectivity index (χ4n) is 1.66. The van der Waals surface area contributed by atoms with Crippen LogP contribution in [0.5, 0.6) is 5.75 Å². The highest BCUT2D eigenvalue weighted by Crippen LogP contribution is 2.23. The Kier molecular flexibility index (Phi) is 4.70. The van der Waals surface area contributed by atoms with Crippen molar-refractivity contribution < 1.29 is 9.84 Å². The molecule has 0 aliphatic rings. The quantitative estimate of drug-likeness (QED) is 0.891. The van der Waals surface area contributed by atoms with Gasteiger partial charge in [-0.15, -0.1) is 0 Å². The number of rotatable bonds is 4. The molecule has 2 aromatic carbocycles. The van der Waals surface area contributed by atoms with E-state index in [1.54, 1.807) is 25.1 Å². The molecule has 2 nitrogen and oxygen atoms in total. The van der Waals surface area contributed by atoms with Gasteiger partial charge in [0.15, 0.2) is 0 Å². The summed E-state index contributed by atoms with van der Waals surface area (Å²) in [5, 5.41) is 10.7. The zero-order chi connectivity index (χ0) is 13.8. The SMILES string of the molecule is C[C@H](O)c1ccc(OCc2cc(Cl)ccc2Cl)cc1. The van der Waals surface area contributed by atoms with E-state index in [1.807, 2.05) is 24.3 Å². The van der Waals surface area contributed by atoms with Gasteiger partial charge in [-0.05, 0) is 42.8 Å². The molecule has 2 aromatic rings. The summed E-state index contributed by atoms with van der Waals surface area (Å²) in [6.45, 7) is 2.08. The number of hydrogen-bond acceptors (Lipinski definition) is 2. The van der Waals surface area contributed by atoms with Gasteiger partial charge in [0.2, 0.25) is 0 Å². The molecule has 19 heavy (non-hydrogen) atoms. The third-order valence-electron chi connectivity index (χ3n) is 2.76. The molecule has 2 rings (SSSR count). The Bertz CT molecular complexity index is 551. The van der Waals surface area contributed by atoms with Crippen molar-refractivity contribution in [2.24, 2.45) is 0 Å². The van der Waals surface area contributed by atoms with Crippen molar-refractivity contribution in [2.45, 2.75) is 19.6 Å². The van der Waals surface area contributed by atoms with Gasteiger partial charge in [-0.3, -0.25) is 0 Å². The van der Waals surface area contributed by atoms with Crippen LogP contribution in [0.3, 0.4) is 0 Å². The van der Waals surface area contributed by atoms with Gasteiger partial charge in [-0.1, -0.05) is 35.3 Å². The average Bonchev–Trinajstić information content (AvgIpc) is 2.40. The highest BCUT2D eigenvalue weighted by Gasteiger charge is 2.04. The molecule has 0 aromatic heterocycles. The van der Waals surface area contributed by atoms with E-state index in [0.29, 0.717) is 16.7 Å². The molecule has 0 fully saturated rings. The van der Waals surface area contributed by atoms with Gasteiger partial charge in [-0.25, -0.2) is 0 Å². The van der Waals surface area contributed by atoms with E-state index >= 15 is 0 Å². The molecule has 0 aliphatic heterocycles. The molecule has 0 amide bonds. The van der Waals surface area contributed by atoms with Crippen LogP contribution in [0.15, 0.2) is 42.5 Å². The smallest absolute Gasteiger partial charge is 0.119 e. The summed E-state index contributed by atoms with van der Waals surface area (Å²) in [7, 11) is 0.